The summed E-state index contributed by atoms with van der Waals surface area (Å²) >= 11 is 0. The van der Waals surface area contributed by atoms with Crippen molar-refractivity contribution in [3.8, 4) is 0 Å². The molecule has 1 heterocycles. The van der Waals surface area contributed by atoms with Gasteiger partial charge in [0.2, 0.25) is 0 Å². The van der Waals surface area contributed by atoms with Crippen LogP contribution in [0.15, 0.2) is 4.79 Å². The smallest absolute Gasteiger partial charge is 0.255 e. The molecule has 1 aliphatic rings. The van der Waals surface area contributed by atoms with Gasteiger partial charge in [-0.25, -0.2) is 4.98 Å². The van der Waals surface area contributed by atoms with Crippen molar-refractivity contribution in [2.75, 3.05) is 0 Å². The van der Waals surface area contributed by atoms with Crippen LogP contribution in [0.25, 0.3) is 0 Å². The topological polar surface area (TPSA) is 57.8 Å². The van der Waals surface area contributed by atoms with Crippen molar-refractivity contribution in [3.05, 3.63) is 27.4 Å². The van der Waals surface area contributed by atoms with Gasteiger partial charge < -0.3 is 10.3 Å². The zero-order valence-corrected chi connectivity index (χ0v) is 13.8. The quantitative estimate of drug-likeness (QED) is 0.874. The number of rotatable bonds is 5. The van der Waals surface area contributed by atoms with Crippen molar-refractivity contribution < 1.29 is 0 Å². The molecule has 21 heavy (non-hydrogen) atoms. The fraction of sp³-hybridized carbons (Fsp3) is 0.765. The molecule has 0 radical (unpaired) electrons. The van der Waals surface area contributed by atoms with Gasteiger partial charge >= 0.3 is 0 Å². The summed E-state index contributed by atoms with van der Waals surface area (Å²) in [5, 5.41) is 3.69. The molecule has 2 unspecified atom stereocenters. The summed E-state index contributed by atoms with van der Waals surface area (Å²) in [6.45, 7) is 8.08. The second-order valence-electron chi connectivity index (χ2n) is 6.45. The van der Waals surface area contributed by atoms with E-state index in [1.807, 2.05) is 13.8 Å². The Morgan fingerprint density at radius 1 is 1.29 bits per heavy atom. The maximum absolute atomic E-state index is 12.2. The summed E-state index contributed by atoms with van der Waals surface area (Å²) in [4.78, 5) is 19.4. The first-order chi connectivity index (χ1) is 10.0. The van der Waals surface area contributed by atoms with Crippen LogP contribution in [0.3, 0.4) is 0 Å². The Labute approximate surface area is 127 Å². The Kier molecular flexibility index (Phi) is 5.57. The monoisotopic (exact) mass is 291 g/mol. The minimum atomic E-state index is -0.00139. The van der Waals surface area contributed by atoms with Gasteiger partial charge in [0, 0.05) is 17.8 Å². The normalized spacial score (nSPS) is 19.4. The van der Waals surface area contributed by atoms with Crippen LogP contribution in [0.2, 0.25) is 0 Å². The van der Waals surface area contributed by atoms with Crippen LogP contribution in [0.5, 0.6) is 0 Å². The second-order valence-corrected chi connectivity index (χ2v) is 6.45. The van der Waals surface area contributed by atoms with E-state index in [0.29, 0.717) is 11.9 Å². The van der Waals surface area contributed by atoms with Crippen LogP contribution < -0.4 is 10.9 Å². The van der Waals surface area contributed by atoms with E-state index in [4.69, 9.17) is 0 Å². The summed E-state index contributed by atoms with van der Waals surface area (Å²) in [6, 6.07) is 0.550. The molecule has 0 spiro atoms. The summed E-state index contributed by atoms with van der Waals surface area (Å²) in [5.74, 6) is 1.44. The van der Waals surface area contributed by atoms with Crippen LogP contribution in [0.1, 0.15) is 75.5 Å². The Morgan fingerprint density at radius 2 is 1.95 bits per heavy atom. The number of nitrogens with zero attached hydrogens (tertiary/aromatic N) is 1. The predicted molar refractivity (Wildman–Crippen MR) is 86.5 cm³/mol. The van der Waals surface area contributed by atoms with Crippen LogP contribution >= 0.6 is 0 Å². The molecule has 0 bridgehead atoms. The number of nitrogens with one attached hydrogen (secondary N) is 2. The van der Waals surface area contributed by atoms with Gasteiger partial charge in [-0.05, 0) is 46.0 Å². The Bertz CT molecular complexity index is 517. The van der Waals surface area contributed by atoms with Gasteiger partial charge in [-0.1, -0.05) is 26.2 Å². The first-order valence-corrected chi connectivity index (χ1v) is 8.36. The second kappa shape index (κ2) is 7.21. The largest absolute Gasteiger partial charge is 0.310 e. The van der Waals surface area contributed by atoms with Crippen LogP contribution in [0, 0.1) is 19.8 Å². The Hall–Kier alpha value is -1.16. The van der Waals surface area contributed by atoms with Crippen LogP contribution in [0.4, 0.5) is 0 Å². The average molecular weight is 291 g/mol. The zero-order valence-electron chi connectivity index (χ0n) is 13.8. The number of hydrogen-bond donors (Lipinski definition) is 2. The number of aromatic nitrogens is 2. The minimum Gasteiger partial charge on any atom is -0.310 e. The lowest BCUT2D eigenvalue weighted by Crippen LogP contribution is -2.40. The molecule has 118 valence electrons. The number of aromatic amines is 1. The molecule has 0 saturated heterocycles. The first-order valence-electron chi connectivity index (χ1n) is 8.36. The highest BCUT2D eigenvalue weighted by atomic mass is 16.1. The SMILES string of the molecule is CCC(NC(C)c1c(C)nc(C)[nH]c1=O)C1CCCCC1. The van der Waals surface area contributed by atoms with Gasteiger partial charge in [-0.2, -0.15) is 0 Å². The highest BCUT2D eigenvalue weighted by Crippen LogP contribution is 2.29. The predicted octanol–water partition coefficient (Wildman–Crippen LogP) is 3.40. The molecule has 4 nitrogen and oxygen atoms in total. The summed E-state index contributed by atoms with van der Waals surface area (Å²) in [6.07, 6.45) is 7.83. The van der Waals surface area contributed by atoms with Crippen molar-refractivity contribution in [2.45, 2.75) is 78.3 Å². The molecule has 1 aliphatic carbocycles. The molecule has 4 heteroatoms. The third-order valence-electron chi connectivity index (χ3n) is 4.82. The number of aryl methyl sites for hydroxylation is 2. The average Bonchev–Trinajstić information content (AvgIpc) is 2.44. The third-order valence-corrected chi connectivity index (χ3v) is 4.82. The van der Waals surface area contributed by atoms with Crippen molar-refractivity contribution in [1.82, 2.24) is 15.3 Å². The molecule has 1 fully saturated rings. The fourth-order valence-electron chi connectivity index (χ4n) is 3.77. The molecule has 0 aliphatic heterocycles. The van der Waals surface area contributed by atoms with Gasteiger partial charge in [0.05, 0.1) is 5.56 Å². The van der Waals surface area contributed by atoms with Crippen molar-refractivity contribution in [3.63, 3.8) is 0 Å². The van der Waals surface area contributed by atoms with Gasteiger partial charge in [-0.3, -0.25) is 4.79 Å². The molecule has 2 atom stereocenters. The van der Waals surface area contributed by atoms with E-state index in [0.717, 1.165) is 23.6 Å². The van der Waals surface area contributed by atoms with E-state index in [-0.39, 0.29) is 11.6 Å². The van der Waals surface area contributed by atoms with E-state index in [2.05, 4.69) is 29.1 Å². The Balaban J connectivity index is 2.12. The molecule has 1 saturated carbocycles. The van der Waals surface area contributed by atoms with Crippen molar-refractivity contribution in [1.29, 1.82) is 0 Å². The molecule has 0 aromatic carbocycles. The van der Waals surface area contributed by atoms with Gasteiger partial charge in [0.1, 0.15) is 5.82 Å². The maximum Gasteiger partial charge on any atom is 0.255 e. The number of H-pyrrole nitrogens is 1. The van der Waals surface area contributed by atoms with Crippen molar-refractivity contribution >= 4 is 0 Å². The summed E-state index contributed by atoms with van der Waals surface area (Å²) < 4.78 is 0. The lowest BCUT2D eigenvalue weighted by atomic mass is 9.82. The minimum absolute atomic E-state index is 0.00139. The van der Waals surface area contributed by atoms with E-state index in [9.17, 15) is 4.79 Å². The highest BCUT2D eigenvalue weighted by Gasteiger charge is 2.25. The maximum atomic E-state index is 12.2. The summed E-state index contributed by atoms with van der Waals surface area (Å²) in [7, 11) is 0. The number of hydrogen-bond acceptors (Lipinski definition) is 3. The molecule has 2 N–H and O–H groups in total. The Morgan fingerprint density at radius 3 is 2.52 bits per heavy atom. The van der Waals surface area contributed by atoms with Crippen molar-refractivity contribution in [2.24, 2.45) is 5.92 Å². The molecular formula is C17H29N3O. The third kappa shape index (κ3) is 3.94. The fourth-order valence-corrected chi connectivity index (χ4v) is 3.77. The first kappa shape index (κ1) is 16.2. The summed E-state index contributed by atoms with van der Waals surface area (Å²) in [5.41, 5.74) is 1.63. The van der Waals surface area contributed by atoms with Gasteiger partial charge in [0.25, 0.3) is 5.56 Å². The van der Waals surface area contributed by atoms with E-state index in [1.165, 1.54) is 32.1 Å². The van der Waals surface area contributed by atoms with E-state index >= 15 is 0 Å². The molecule has 2 rings (SSSR count). The van der Waals surface area contributed by atoms with Gasteiger partial charge in [-0.15, -0.1) is 0 Å². The molecular weight excluding hydrogens is 262 g/mol. The lowest BCUT2D eigenvalue weighted by molar-refractivity contribution is 0.248. The van der Waals surface area contributed by atoms with Crippen LogP contribution in [-0.2, 0) is 0 Å². The highest BCUT2D eigenvalue weighted by molar-refractivity contribution is 5.20. The molecule has 1 aromatic heterocycles. The molecule has 0 amide bonds. The molecule has 1 aromatic rings. The van der Waals surface area contributed by atoms with E-state index in [1.54, 1.807) is 0 Å². The lowest BCUT2D eigenvalue weighted by Gasteiger charge is -2.32. The van der Waals surface area contributed by atoms with E-state index < -0.39 is 0 Å². The standard InChI is InChI=1S/C17H29N3O/c1-5-15(14-9-7-6-8-10-14)19-12(3)16-11(2)18-13(4)20-17(16)21/h12,14-15,19H,5-10H2,1-4H3,(H,18,20,21). The van der Waals surface area contributed by atoms with Crippen LogP contribution in [-0.4, -0.2) is 16.0 Å². The van der Waals surface area contributed by atoms with Gasteiger partial charge in [0.15, 0.2) is 0 Å². The zero-order chi connectivity index (χ0) is 15.4.